The predicted octanol–water partition coefficient (Wildman–Crippen LogP) is 5.89. The third-order valence-electron chi connectivity index (χ3n) is 5.04. The lowest BCUT2D eigenvalue weighted by Gasteiger charge is -2.12. The van der Waals surface area contributed by atoms with E-state index in [1.807, 2.05) is 77.4 Å². The highest BCUT2D eigenvalue weighted by atomic mass is 35.5. The van der Waals surface area contributed by atoms with Gasteiger partial charge in [0.1, 0.15) is 5.75 Å². The molecule has 0 saturated heterocycles. The molecule has 0 fully saturated rings. The summed E-state index contributed by atoms with van der Waals surface area (Å²) in [6, 6.07) is 22.9. The van der Waals surface area contributed by atoms with Crippen LogP contribution >= 0.6 is 23.4 Å². The number of nitrogens with one attached hydrogen (secondary N) is 1. The zero-order chi connectivity index (χ0) is 23.2. The molecule has 8 heteroatoms. The van der Waals surface area contributed by atoms with Gasteiger partial charge in [-0.05, 0) is 60.5 Å². The number of aromatic nitrogens is 3. The predicted molar refractivity (Wildman–Crippen MR) is 134 cm³/mol. The Morgan fingerprint density at radius 2 is 1.76 bits per heavy atom. The van der Waals surface area contributed by atoms with E-state index in [4.69, 9.17) is 16.3 Å². The number of hydrogen-bond acceptors (Lipinski definition) is 5. The van der Waals surface area contributed by atoms with Gasteiger partial charge in [-0.2, -0.15) is 0 Å². The number of benzene rings is 3. The summed E-state index contributed by atoms with van der Waals surface area (Å²) < 4.78 is 7.43. The van der Waals surface area contributed by atoms with Crippen molar-refractivity contribution in [1.29, 1.82) is 0 Å². The van der Waals surface area contributed by atoms with E-state index >= 15 is 0 Å². The number of aryl methyl sites for hydroxylation is 1. The van der Waals surface area contributed by atoms with E-state index in [0.717, 1.165) is 23.4 Å². The van der Waals surface area contributed by atoms with Crippen molar-refractivity contribution in [2.45, 2.75) is 18.5 Å². The number of carbonyl (C=O) groups excluding carboxylic acids is 1. The molecule has 168 valence electrons. The van der Waals surface area contributed by atoms with Gasteiger partial charge in [0.2, 0.25) is 5.91 Å². The fraction of sp³-hybridized carbons (Fsp3) is 0.160. The molecule has 33 heavy (non-hydrogen) atoms. The lowest BCUT2D eigenvalue weighted by molar-refractivity contribution is -0.113. The third kappa shape index (κ3) is 5.38. The summed E-state index contributed by atoms with van der Waals surface area (Å²) in [5.74, 6) is 1.37. The Bertz CT molecular complexity index is 1240. The van der Waals surface area contributed by atoms with Gasteiger partial charge in [-0.15, -0.1) is 10.2 Å². The van der Waals surface area contributed by atoms with Crippen LogP contribution in [-0.4, -0.2) is 33.5 Å². The zero-order valence-corrected chi connectivity index (χ0v) is 19.9. The van der Waals surface area contributed by atoms with Crippen LogP contribution in [-0.2, 0) is 11.2 Å². The Kier molecular flexibility index (Phi) is 7.32. The molecule has 6 nitrogen and oxygen atoms in total. The van der Waals surface area contributed by atoms with Crippen molar-refractivity contribution in [3.8, 4) is 22.8 Å². The molecule has 4 rings (SSSR count). The normalized spacial score (nSPS) is 10.8. The van der Waals surface area contributed by atoms with Gasteiger partial charge in [0.05, 0.1) is 18.4 Å². The summed E-state index contributed by atoms with van der Waals surface area (Å²) in [5.41, 5.74) is 3.63. The van der Waals surface area contributed by atoms with E-state index in [0.29, 0.717) is 21.8 Å². The van der Waals surface area contributed by atoms with E-state index in [2.05, 4.69) is 22.4 Å². The van der Waals surface area contributed by atoms with Crippen molar-refractivity contribution < 1.29 is 9.53 Å². The molecule has 0 saturated carbocycles. The first kappa shape index (κ1) is 22.9. The van der Waals surface area contributed by atoms with Crippen LogP contribution in [0.15, 0.2) is 78.0 Å². The molecule has 0 spiro atoms. The lowest BCUT2D eigenvalue weighted by Crippen LogP contribution is -2.14. The number of carbonyl (C=O) groups is 1. The topological polar surface area (TPSA) is 69.0 Å². The van der Waals surface area contributed by atoms with Crippen molar-refractivity contribution in [3.05, 3.63) is 83.4 Å². The lowest BCUT2D eigenvalue weighted by atomic mass is 10.1. The number of amides is 1. The molecule has 1 amide bonds. The molecule has 0 aliphatic heterocycles. The largest absolute Gasteiger partial charge is 0.496 e. The molecule has 1 N–H and O–H groups in total. The second-order valence-corrected chi connectivity index (χ2v) is 8.58. The molecule has 1 aromatic heterocycles. The summed E-state index contributed by atoms with van der Waals surface area (Å²) in [6.45, 7) is 2.10. The van der Waals surface area contributed by atoms with Crippen molar-refractivity contribution in [2.24, 2.45) is 0 Å². The second kappa shape index (κ2) is 10.6. The molecule has 4 aromatic rings. The fourth-order valence-electron chi connectivity index (χ4n) is 3.34. The molecular weight excluding hydrogens is 456 g/mol. The molecule has 3 aromatic carbocycles. The van der Waals surface area contributed by atoms with Crippen LogP contribution in [0.2, 0.25) is 5.02 Å². The van der Waals surface area contributed by atoms with Gasteiger partial charge >= 0.3 is 0 Å². The van der Waals surface area contributed by atoms with Crippen LogP contribution in [0, 0.1) is 0 Å². The molecule has 0 aliphatic carbocycles. The average Bonchev–Trinajstić information content (AvgIpc) is 3.27. The zero-order valence-electron chi connectivity index (χ0n) is 18.3. The van der Waals surface area contributed by atoms with Crippen LogP contribution < -0.4 is 10.1 Å². The van der Waals surface area contributed by atoms with Gasteiger partial charge in [-0.1, -0.05) is 54.6 Å². The monoisotopic (exact) mass is 478 g/mol. The SMILES string of the molecule is CCc1ccc(NC(=O)CSc2nnc(-c3ccccc3OC)n2-c2ccc(Cl)cc2)cc1. The minimum atomic E-state index is -0.117. The maximum Gasteiger partial charge on any atom is 0.234 e. The summed E-state index contributed by atoms with van der Waals surface area (Å²) in [5, 5.41) is 13.0. The Hall–Kier alpha value is -3.29. The standard InChI is InChI=1S/C25H23ClN4O2S/c1-3-17-8-12-19(13-9-17)27-23(31)16-33-25-29-28-24(21-6-4-5-7-22(21)32-2)30(25)20-14-10-18(26)11-15-20/h4-15H,3,16H2,1-2H3,(H,27,31). The molecule has 0 radical (unpaired) electrons. The minimum Gasteiger partial charge on any atom is -0.496 e. The molecular formula is C25H23ClN4O2S. The van der Waals surface area contributed by atoms with Gasteiger partial charge in [-0.3, -0.25) is 9.36 Å². The fourth-order valence-corrected chi connectivity index (χ4v) is 4.22. The summed E-state index contributed by atoms with van der Waals surface area (Å²) in [6.07, 6.45) is 0.957. The Labute approximate surface area is 202 Å². The Balaban J connectivity index is 1.60. The number of methoxy groups -OCH3 is 1. The van der Waals surface area contributed by atoms with Gasteiger partial charge in [-0.25, -0.2) is 0 Å². The summed E-state index contributed by atoms with van der Waals surface area (Å²) >= 11 is 7.41. The molecule has 0 bridgehead atoms. The van der Waals surface area contributed by atoms with E-state index in [-0.39, 0.29) is 11.7 Å². The van der Waals surface area contributed by atoms with Gasteiger partial charge in [0.15, 0.2) is 11.0 Å². The molecule has 0 atom stereocenters. The Morgan fingerprint density at radius 3 is 2.45 bits per heavy atom. The first-order valence-corrected chi connectivity index (χ1v) is 11.8. The average molecular weight is 479 g/mol. The van der Waals surface area contributed by atoms with Crippen LogP contribution in [0.25, 0.3) is 17.1 Å². The molecule has 0 aliphatic rings. The first-order chi connectivity index (χ1) is 16.1. The van der Waals surface area contributed by atoms with Crippen molar-refractivity contribution in [2.75, 3.05) is 18.2 Å². The van der Waals surface area contributed by atoms with E-state index in [9.17, 15) is 4.79 Å². The van der Waals surface area contributed by atoms with Gasteiger partial charge in [0, 0.05) is 16.4 Å². The van der Waals surface area contributed by atoms with Crippen LogP contribution in [0.5, 0.6) is 5.75 Å². The minimum absolute atomic E-state index is 0.117. The van der Waals surface area contributed by atoms with Crippen LogP contribution in [0.1, 0.15) is 12.5 Å². The van der Waals surface area contributed by atoms with Crippen molar-refractivity contribution in [3.63, 3.8) is 0 Å². The van der Waals surface area contributed by atoms with E-state index in [1.54, 1.807) is 7.11 Å². The number of hydrogen-bond donors (Lipinski definition) is 1. The van der Waals surface area contributed by atoms with E-state index in [1.165, 1.54) is 17.3 Å². The van der Waals surface area contributed by atoms with Crippen molar-refractivity contribution >= 4 is 35.0 Å². The number of thioether (sulfide) groups is 1. The highest BCUT2D eigenvalue weighted by Crippen LogP contribution is 2.33. The molecule has 0 unspecified atom stereocenters. The van der Waals surface area contributed by atoms with Gasteiger partial charge in [0.25, 0.3) is 0 Å². The highest BCUT2D eigenvalue weighted by molar-refractivity contribution is 7.99. The van der Waals surface area contributed by atoms with Crippen LogP contribution in [0.3, 0.4) is 0 Å². The Morgan fingerprint density at radius 1 is 1.03 bits per heavy atom. The third-order valence-corrected chi connectivity index (χ3v) is 6.23. The van der Waals surface area contributed by atoms with Crippen molar-refractivity contribution in [1.82, 2.24) is 14.8 Å². The van der Waals surface area contributed by atoms with Gasteiger partial charge < -0.3 is 10.1 Å². The smallest absolute Gasteiger partial charge is 0.234 e. The summed E-state index contributed by atoms with van der Waals surface area (Å²) in [4.78, 5) is 12.6. The first-order valence-electron chi connectivity index (χ1n) is 10.5. The highest BCUT2D eigenvalue weighted by Gasteiger charge is 2.19. The van der Waals surface area contributed by atoms with E-state index < -0.39 is 0 Å². The number of para-hydroxylation sites is 1. The number of nitrogens with zero attached hydrogens (tertiary/aromatic N) is 3. The quantitative estimate of drug-likeness (QED) is 0.320. The van der Waals surface area contributed by atoms with Crippen LogP contribution in [0.4, 0.5) is 5.69 Å². The number of rotatable bonds is 8. The number of anilines is 1. The molecule has 1 heterocycles. The maximum atomic E-state index is 12.6. The maximum absolute atomic E-state index is 12.6. The second-order valence-electron chi connectivity index (χ2n) is 7.21. The summed E-state index contributed by atoms with van der Waals surface area (Å²) in [7, 11) is 1.62. The number of halogens is 1. The number of ether oxygens (including phenoxy) is 1.